The van der Waals surface area contributed by atoms with Gasteiger partial charge < -0.3 is 9.47 Å². The number of hydrogen-bond donors (Lipinski definition) is 0. The van der Waals surface area contributed by atoms with Gasteiger partial charge in [-0.05, 0) is 20.8 Å². The van der Waals surface area contributed by atoms with Gasteiger partial charge in [0.25, 0.3) is 0 Å². The monoisotopic (exact) mass is 198 g/mol. The van der Waals surface area contributed by atoms with E-state index < -0.39 is 11.8 Å². The number of rotatable bonds is 1. The fourth-order valence-electron chi connectivity index (χ4n) is 0.620. The Balaban J connectivity index is 3.73. The van der Waals surface area contributed by atoms with Crippen LogP contribution in [0.1, 0.15) is 34.6 Å². The molecule has 0 atom stereocenters. The minimum absolute atomic E-state index is 0.0904. The lowest BCUT2D eigenvalue weighted by Crippen LogP contribution is -2.24. The Bertz CT molecular complexity index is 237. The molecule has 0 aliphatic heterocycles. The minimum Gasteiger partial charge on any atom is -0.429 e. The van der Waals surface area contributed by atoms with E-state index in [-0.39, 0.29) is 12.5 Å². The van der Waals surface area contributed by atoms with Gasteiger partial charge in [-0.1, -0.05) is 25.7 Å². The molecule has 0 aromatic heterocycles. The average Bonchev–Trinajstić information content (AvgIpc) is 1.94. The molecule has 0 rings (SSSR count). The molecule has 0 fully saturated rings. The number of ether oxygens (including phenoxy) is 2. The predicted octanol–water partition coefficient (Wildman–Crippen LogP) is 2.60. The zero-order chi connectivity index (χ0) is 11.2. The maximum atomic E-state index is 11.0. The highest BCUT2D eigenvalue weighted by atomic mass is 16.7. The van der Waals surface area contributed by atoms with E-state index in [0.717, 1.165) is 0 Å². The van der Waals surface area contributed by atoms with Gasteiger partial charge in [-0.2, -0.15) is 0 Å². The fraction of sp³-hybridized carbons (Fsp3) is 0.727. The maximum absolute atomic E-state index is 11.0. The van der Waals surface area contributed by atoms with Crippen molar-refractivity contribution in [2.24, 2.45) is 5.92 Å². The molecule has 0 saturated carbocycles. The van der Waals surface area contributed by atoms with Crippen molar-refractivity contribution in [2.45, 2.75) is 40.2 Å². The van der Waals surface area contributed by atoms with Crippen LogP contribution in [0.25, 0.3) is 0 Å². The molecule has 0 saturated heterocycles. The van der Waals surface area contributed by atoms with E-state index in [0.29, 0.717) is 0 Å². The Morgan fingerprint density at radius 3 is 2.36 bits per heavy atom. The topological polar surface area (TPSA) is 35.5 Å². The summed E-state index contributed by atoms with van der Waals surface area (Å²) in [5.41, 5.74) is -0.511. The molecule has 0 aromatic carbocycles. The molecule has 0 aliphatic carbocycles. The van der Waals surface area contributed by atoms with Crippen LogP contribution in [0, 0.1) is 17.8 Å². The average molecular weight is 198 g/mol. The molecular weight excluding hydrogens is 180 g/mol. The molecule has 0 aliphatic rings. The normalized spacial score (nSPS) is 10.4. The molecule has 14 heavy (non-hydrogen) atoms. The molecule has 80 valence electrons. The fourth-order valence-corrected chi connectivity index (χ4v) is 0.620. The van der Waals surface area contributed by atoms with Crippen LogP contribution in [-0.2, 0) is 9.47 Å². The van der Waals surface area contributed by atoms with E-state index in [9.17, 15) is 4.79 Å². The van der Waals surface area contributed by atoms with Crippen LogP contribution in [0.3, 0.4) is 0 Å². The van der Waals surface area contributed by atoms with Crippen molar-refractivity contribution in [3.8, 4) is 11.8 Å². The quantitative estimate of drug-likeness (QED) is 0.480. The zero-order valence-corrected chi connectivity index (χ0v) is 9.51. The molecule has 0 bridgehead atoms. The standard InChI is InChI=1S/C11H18O3/c1-9(2)7-6-8-13-10(12)14-11(3,4)5/h9H,8H2,1-5H3. The van der Waals surface area contributed by atoms with Crippen molar-refractivity contribution >= 4 is 6.16 Å². The molecule has 0 heterocycles. The molecule has 0 spiro atoms. The lowest BCUT2D eigenvalue weighted by molar-refractivity contribution is -0.00164. The molecule has 0 aromatic rings. The van der Waals surface area contributed by atoms with Crippen molar-refractivity contribution in [3.63, 3.8) is 0 Å². The van der Waals surface area contributed by atoms with Gasteiger partial charge in [-0.25, -0.2) is 4.79 Å². The summed E-state index contributed by atoms with van der Waals surface area (Å²) < 4.78 is 9.65. The first-order valence-corrected chi connectivity index (χ1v) is 4.65. The maximum Gasteiger partial charge on any atom is 0.509 e. The summed E-state index contributed by atoms with van der Waals surface area (Å²) in [6.07, 6.45) is -0.671. The van der Waals surface area contributed by atoms with Gasteiger partial charge in [-0.3, -0.25) is 0 Å². The van der Waals surface area contributed by atoms with Crippen molar-refractivity contribution in [2.75, 3.05) is 6.61 Å². The smallest absolute Gasteiger partial charge is 0.429 e. The highest BCUT2D eigenvalue weighted by Crippen LogP contribution is 2.07. The largest absolute Gasteiger partial charge is 0.509 e. The first kappa shape index (κ1) is 12.8. The Labute approximate surface area is 85.8 Å². The van der Waals surface area contributed by atoms with Crippen molar-refractivity contribution in [3.05, 3.63) is 0 Å². The van der Waals surface area contributed by atoms with Gasteiger partial charge in [0.05, 0.1) is 0 Å². The number of hydrogen-bond acceptors (Lipinski definition) is 3. The van der Waals surface area contributed by atoms with Crippen LogP contribution in [0.5, 0.6) is 0 Å². The molecular formula is C11H18O3. The third-order valence-corrected chi connectivity index (χ3v) is 1.04. The van der Waals surface area contributed by atoms with Crippen LogP contribution < -0.4 is 0 Å². The Kier molecular flexibility index (Phi) is 5.07. The summed E-state index contributed by atoms with van der Waals surface area (Å²) in [6.45, 7) is 9.39. The Morgan fingerprint density at radius 1 is 1.36 bits per heavy atom. The highest BCUT2D eigenvalue weighted by molar-refractivity contribution is 5.60. The van der Waals surface area contributed by atoms with E-state index in [2.05, 4.69) is 11.8 Å². The molecule has 0 unspecified atom stereocenters. The first-order chi connectivity index (χ1) is 6.31. The van der Waals surface area contributed by atoms with E-state index in [4.69, 9.17) is 9.47 Å². The first-order valence-electron chi connectivity index (χ1n) is 4.65. The van der Waals surface area contributed by atoms with E-state index in [1.165, 1.54) is 0 Å². The van der Waals surface area contributed by atoms with Crippen LogP contribution in [-0.4, -0.2) is 18.4 Å². The number of carbonyl (C=O) groups is 1. The summed E-state index contributed by atoms with van der Waals surface area (Å²) in [6, 6.07) is 0. The van der Waals surface area contributed by atoms with Crippen LogP contribution in [0.2, 0.25) is 0 Å². The molecule has 0 N–H and O–H groups in total. The lowest BCUT2D eigenvalue weighted by Gasteiger charge is -2.18. The highest BCUT2D eigenvalue weighted by Gasteiger charge is 2.16. The van der Waals surface area contributed by atoms with E-state index in [1.54, 1.807) is 20.8 Å². The third-order valence-electron chi connectivity index (χ3n) is 1.04. The summed E-state index contributed by atoms with van der Waals surface area (Å²) in [7, 11) is 0. The SMILES string of the molecule is CC(C)C#CCOC(=O)OC(C)(C)C. The second-order valence-corrected chi connectivity index (χ2v) is 4.23. The Hall–Kier alpha value is -1.17. The van der Waals surface area contributed by atoms with Gasteiger partial charge in [0.1, 0.15) is 5.60 Å². The van der Waals surface area contributed by atoms with Gasteiger partial charge in [0.2, 0.25) is 0 Å². The zero-order valence-electron chi connectivity index (χ0n) is 9.51. The van der Waals surface area contributed by atoms with Gasteiger partial charge in [-0.15, -0.1) is 0 Å². The summed E-state index contributed by atoms with van der Waals surface area (Å²) in [5, 5.41) is 0. The summed E-state index contributed by atoms with van der Waals surface area (Å²) >= 11 is 0. The van der Waals surface area contributed by atoms with E-state index >= 15 is 0 Å². The van der Waals surface area contributed by atoms with Crippen LogP contribution in [0.15, 0.2) is 0 Å². The van der Waals surface area contributed by atoms with Crippen molar-refractivity contribution in [1.29, 1.82) is 0 Å². The van der Waals surface area contributed by atoms with Gasteiger partial charge in [0.15, 0.2) is 6.61 Å². The molecule has 3 heteroatoms. The molecule has 0 radical (unpaired) electrons. The summed E-state index contributed by atoms with van der Waals surface area (Å²) in [5.74, 6) is 5.90. The minimum atomic E-state index is -0.671. The molecule has 0 amide bonds. The summed E-state index contributed by atoms with van der Waals surface area (Å²) in [4.78, 5) is 11.0. The van der Waals surface area contributed by atoms with Crippen LogP contribution in [0.4, 0.5) is 4.79 Å². The second kappa shape index (κ2) is 5.54. The van der Waals surface area contributed by atoms with Gasteiger partial charge in [0, 0.05) is 5.92 Å². The van der Waals surface area contributed by atoms with E-state index in [1.807, 2.05) is 13.8 Å². The second-order valence-electron chi connectivity index (χ2n) is 4.23. The third kappa shape index (κ3) is 8.92. The predicted molar refractivity (Wildman–Crippen MR) is 54.8 cm³/mol. The molecule has 3 nitrogen and oxygen atoms in total. The number of carbonyl (C=O) groups excluding carboxylic acids is 1. The van der Waals surface area contributed by atoms with Crippen molar-refractivity contribution in [1.82, 2.24) is 0 Å². The van der Waals surface area contributed by atoms with Gasteiger partial charge >= 0.3 is 6.16 Å². The lowest BCUT2D eigenvalue weighted by atomic mass is 10.2. The van der Waals surface area contributed by atoms with Crippen molar-refractivity contribution < 1.29 is 14.3 Å². The Morgan fingerprint density at radius 2 is 1.93 bits per heavy atom. The van der Waals surface area contributed by atoms with Crippen LogP contribution >= 0.6 is 0 Å².